The summed E-state index contributed by atoms with van der Waals surface area (Å²) in [6.07, 6.45) is 8.30. The van der Waals surface area contributed by atoms with Crippen LogP contribution in [0.15, 0.2) is 54.2 Å². The fourth-order valence-corrected chi connectivity index (χ4v) is 12.2. The van der Waals surface area contributed by atoms with Crippen molar-refractivity contribution in [2.45, 2.75) is 91.6 Å². The lowest BCUT2D eigenvalue weighted by atomic mass is 9.46. The first kappa shape index (κ1) is 45.6. The molecule has 4 atom stereocenters. The second kappa shape index (κ2) is 18.0. The number of thiazole rings is 1. The molecule has 2 bridgehead atoms. The number of carboxylic acids is 2. The highest BCUT2D eigenvalue weighted by Gasteiger charge is 2.57. The first-order chi connectivity index (χ1) is 29.9. The van der Waals surface area contributed by atoms with Crippen molar-refractivity contribution in [1.29, 1.82) is 5.41 Å². The molecule has 1 aliphatic heterocycles. The number of carbonyl (C=O) groups excluding carboxylic acids is 1. The maximum atomic E-state index is 13.9. The molecule has 15 heteroatoms. The maximum absolute atomic E-state index is 13.9. The van der Waals surface area contributed by atoms with E-state index in [0.29, 0.717) is 69.7 Å². The summed E-state index contributed by atoms with van der Waals surface area (Å²) in [7, 11) is 4.22. The minimum Gasteiger partial charge on any atom is -0.482 e. The number of benzene rings is 2. The Morgan fingerprint density at radius 2 is 1.68 bits per heavy atom. The Labute approximate surface area is 374 Å². The van der Waals surface area contributed by atoms with Crippen LogP contribution in [0.4, 0.5) is 10.9 Å². The van der Waals surface area contributed by atoms with Crippen LogP contribution >= 0.6 is 11.3 Å². The maximum Gasteiger partial charge on any atom is 0.355 e. The third kappa shape index (κ3) is 10.1. The number of hydrogen-bond donors (Lipinski definition) is 6. The minimum atomic E-state index is -1.22. The molecule has 3 heterocycles. The zero-order valence-corrected chi connectivity index (χ0v) is 38.4. The van der Waals surface area contributed by atoms with Gasteiger partial charge in [0.2, 0.25) is 0 Å². The number of hydrogen-bond acceptors (Lipinski definition) is 12. The lowest BCUT2D eigenvalue weighted by Gasteiger charge is -2.62. The van der Waals surface area contributed by atoms with E-state index in [2.05, 4.69) is 72.6 Å². The number of aromatic nitrogens is 2. The van der Waals surface area contributed by atoms with Gasteiger partial charge >= 0.3 is 11.9 Å². The van der Waals surface area contributed by atoms with Crippen LogP contribution in [0, 0.1) is 21.7 Å². The number of carbonyl (C=O) groups is 3. The van der Waals surface area contributed by atoms with Gasteiger partial charge in [0, 0.05) is 72.4 Å². The fraction of sp³-hybridized carbons (Fsp3) is 0.500. The van der Waals surface area contributed by atoms with Crippen LogP contribution in [0.5, 0.6) is 5.75 Å². The summed E-state index contributed by atoms with van der Waals surface area (Å²) in [6.45, 7) is 14.1. The Kier molecular flexibility index (Phi) is 13.0. The number of pyridine rings is 1. The molecule has 6 N–H and O–H groups in total. The van der Waals surface area contributed by atoms with Gasteiger partial charge in [0.1, 0.15) is 11.6 Å². The molecule has 2 saturated carbocycles. The van der Waals surface area contributed by atoms with Crippen molar-refractivity contribution < 1.29 is 29.3 Å². The van der Waals surface area contributed by atoms with Gasteiger partial charge in [0.15, 0.2) is 17.4 Å². The molecule has 1 amide bonds. The van der Waals surface area contributed by atoms with E-state index < -0.39 is 18.5 Å². The van der Waals surface area contributed by atoms with Crippen molar-refractivity contribution >= 4 is 62.1 Å². The van der Waals surface area contributed by atoms with Gasteiger partial charge in [-0.2, -0.15) is 0 Å². The average molecular weight is 879 g/mol. The first-order valence-corrected chi connectivity index (χ1v) is 22.7. The molecule has 0 radical (unpaired) electrons. The van der Waals surface area contributed by atoms with Crippen LogP contribution in [-0.2, 0) is 17.8 Å². The van der Waals surface area contributed by atoms with Crippen LogP contribution in [0.1, 0.15) is 111 Å². The molecule has 63 heavy (non-hydrogen) atoms. The molecule has 4 unspecified atom stereocenters. The van der Waals surface area contributed by atoms with Gasteiger partial charge in [-0.15, -0.1) is 0 Å². The number of aromatic carboxylic acids is 1. The molecular formula is C48H62N8O6S. The number of nitrogens with zero attached hydrogens (tertiary/aromatic N) is 4. The molecule has 4 aromatic rings. The monoisotopic (exact) mass is 878 g/mol. The Balaban J connectivity index is 1.14. The van der Waals surface area contributed by atoms with Crippen molar-refractivity contribution in [3.63, 3.8) is 0 Å². The Bertz CT molecular complexity index is 2420. The topological polar surface area (TPSA) is 193 Å². The van der Waals surface area contributed by atoms with Gasteiger partial charge in [-0.3, -0.25) is 10.1 Å². The highest BCUT2D eigenvalue weighted by molar-refractivity contribution is 7.22. The van der Waals surface area contributed by atoms with Gasteiger partial charge in [0.25, 0.3) is 5.91 Å². The van der Waals surface area contributed by atoms with E-state index in [4.69, 9.17) is 10.1 Å². The highest BCUT2D eigenvalue weighted by Crippen LogP contribution is 2.62. The number of carboxylic acid groups (broad SMARTS) is 2. The summed E-state index contributed by atoms with van der Waals surface area (Å²) in [5, 5.41) is 39.5. The fourth-order valence-electron chi connectivity index (χ4n) is 11.4. The number of fused-ring (bicyclic) bond motifs is 4. The summed E-state index contributed by atoms with van der Waals surface area (Å²) in [5.41, 5.74) is 4.18. The predicted octanol–water partition coefficient (Wildman–Crippen LogP) is 7.93. The van der Waals surface area contributed by atoms with Gasteiger partial charge < -0.3 is 40.8 Å². The lowest BCUT2D eigenvalue weighted by molar-refractivity contribution is -0.139. The Morgan fingerprint density at radius 3 is 2.38 bits per heavy atom. The van der Waals surface area contributed by atoms with E-state index in [0.717, 1.165) is 55.4 Å². The van der Waals surface area contributed by atoms with Gasteiger partial charge in [0.05, 0.1) is 10.2 Å². The molecule has 2 aromatic heterocycles. The molecule has 3 aliphatic rings. The van der Waals surface area contributed by atoms with Crippen LogP contribution in [0.2, 0.25) is 0 Å². The van der Waals surface area contributed by atoms with Crippen molar-refractivity contribution in [3.05, 3.63) is 82.2 Å². The Morgan fingerprint density at radius 1 is 0.952 bits per heavy atom. The molecule has 2 fully saturated rings. The zero-order chi connectivity index (χ0) is 45.3. The third-order valence-electron chi connectivity index (χ3n) is 13.4. The molecule has 7 rings (SSSR count). The summed E-state index contributed by atoms with van der Waals surface area (Å²) >= 11 is 1.36. The van der Waals surface area contributed by atoms with Gasteiger partial charge in [-0.05, 0) is 118 Å². The van der Waals surface area contributed by atoms with Crippen molar-refractivity contribution in [2.75, 3.05) is 57.1 Å². The second-order valence-corrected chi connectivity index (χ2v) is 20.5. The van der Waals surface area contributed by atoms with Crippen LogP contribution in [0.3, 0.4) is 0 Å². The van der Waals surface area contributed by atoms with Crippen molar-refractivity contribution in [2.24, 2.45) is 16.2 Å². The molecule has 0 saturated heterocycles. The number of para-hydroxylation sites is 1. The molecule has 2 aromatic carbocycles. The standard InChI is InChI=1S/C48H62N8O6S/c1-8-45(3)24-46(4)25-47(5,28-48(26-45,27-46)51-18-20-55(6)7)29-50-30(2)34(21-49)32-14-16-39(53-41(32)43(60)61)56-19-17-31-35(22-56)33(13-15-37(31)62-23-40(57)58)42(59)54-44-52-36-11-9-10-12-38(36)63-44/h9-16,21,49-51H,8,17-20,22-29H2,1-7H3,(H,57,58)(H,60,61)(H,52,54,59)/b34-30+,49-21?. The number of allylic oxidation sites excluding steroid dienone is 2. The van der Waals surface area contributed by atoms with Gasteiger partial charge in [-0.1, -0.05) is 57.6 Å². The minimum absolute atomic E-state index is 0.0175. The average Bonchev–Trinajstić information content (AvgIpc) is 3.63. The number of rotatable bonds is 17. The summed E-state index contributed by atoms with van der Waals surface area (Å²) < 4.78 is 6.60. The highest BCUT2D eigenvalue weighted by atomic mass is 32.1. The van der Waals surface area contributed by atoms with E-state index in [9.17, 15) is 24.6 Å². The number of aliphatic carboxylic acids is 1. The number of nitrogens with one attached hydrogen (secondary N) is 4. The number of ether oxygens (including phenoxy) is 1. The van der Waals surface area contributed by atoms with E-state index in [1.54, 1.807) is 24.3 Å². The number of likely N-dealkylation sites (N-methyl/N-ethyl adjacent to an activating group) is 1. The van der Waals surface area contributed by atoms with Gasteiger partial charge in [-0.25, -0.2) is 19.6 Å². The van der Waals surface area contributed by atoms with Crippen molar-refractivity contribution in [1.82, 2.24) is 25.5 Å². The largest absolute Gasteiger partial charge is 0.482 e. The van der Waals surface area contributed by atoms with E-state index in [1.807, 2.05) is 36.1 Å². The van der Waals surface area contributed by atoms with Crippen LogP contribution in [0.25, 0.3) is 15.8 Å². The SMILES string of the molecule is CCC1(C)CC2(C)CC(C)(CN/C(C)=C(\C=N)c3ccc(N4CCc5c(OCC(=O)O)ccc(C(=O)Nc6nc7ccccc7s6)c5C4)nc3C(=O)O)CC(NCCN(C)C)(C1)C2. The number of anilines is 2. The Hall–Kier alpha value is -5.38. The predicted molar refractivity (Wildman–Crippen MR) is 249 cm³/mol. The van der Waals surface area contributed by atoms with E-state index in [1.165, 1.54) is 24.0 Å². The van der Waals surface area contributed by atoms with Crippen LogP contribution in [-0.4, -0.2) is 102 Å². The first-order valence-electron chi connectivity index (χ1n) is 21.9. The number of amides is 1. The molecule has 14 nitrogen and oxygen atoms in total. The third-order valence-corrected chi connectivity index (χ3v) is 14.4. The second-order valence-electron chi connectivity index (χ2n) is 19.5. The lowest BCUT2D eigenvalue weighted by Crippen LogP contribution is -2.63. The van der Waals surface area contributed by atoms with Crippen molar-refractivity contribution in [3.8, 4) is 5.75 Å². The molecule has 336 valence electrons. The van der Waals surface area contributed by atoms with E-state index in [-0.39, 0.29) is 39.9 Å². The summed E-state index contributed by atoms with van der Waals surface area (Å²) in [4.78, 5) is 51.6. The molecule has 2 aliphatic carbocycles. The smallest absolute Gasteiger partial charge is 0.355 e. The molecular weight excluding hydrogens is 817 g/mol. The zero-order valence-electron chi connectivity index (χ0n) is 37.6. The molecule has 0 spiro atoms. The normalized spacial score (nSPS) is 24.7. The summed E-state index contributed by atoms with van der Waals surface area (Å²) in [5.74, 6) is -1.96. The van der Waals surface area contributed by atoms with E-state index >= 15 is 0 Å². The quantitative estimate of drug-likeness (QED) is 0.0562. The van der Waals surface area contributed by atoms with Crippen LogP contribution < -0.4 is 25.6 Å². The summed E-state index contributed by atoms with van der Waals surface area (Å²) in [6, 6.07) is 14.3.